The molecule has 0 aliphatic rings. The fraction of sp³-hybridized carbons (Fsp3) is 0.500. The molecule has 18 heavy (non-hydrogen) atoms. The maximum Gasteiger partial charge on any atom is 0.253 e. The zero-order chi connectivity index (χ0) is 14.1. The van der Waals surface area contributed by atoms with Gasteiger partial charge in [-0.15, -0.1) is 0 Å². The first-order chi connectivity index (χ1) is 8.20. The number of hydrogen-bond donors (Lipinski definition) is 3. The quantitative estimate of drug-likeness (QED) is 0.575. The first kappa shape index (κ1) is 14.9. The van der Waals surface area contributed by atoms with Gasteiger partial charge in [0, 0.05) is 0 Å². The Morgan fingerprint density at radius 3 is 1.78 bits per heavy atom. The van der Waals surface area contributed by atoms with Crippen LogP contribution in [0.2, 0.25) is 0 Å². The molecule has 102 valence electrons. The van der Waals surface area contributed by atoms with Crippen molar-refractivity contribution >= 4 is 10.0 Å². The molecule has 0 aromatic heterocycles. The molecule has 0 bridgehead atoms. The SMILES string of the molecule is CC(C)c1cc(S(=O)(=O)NN)cc(C(C)C)c1O. The van der Waals surface area contributed by atoms with Gasteiger partial charge in [-0.1, -0.05) is 27.7 Å². The minimum atomic E-state index is -3.71. The third-order valence-corrected chi connectivity index (χ3v) is 4.02. The van der Waals surface area contributed by atoms with Crippen LogP contribution in [0.3, 0.4) is 0 Å². The van der Waals surface area contributed by atoms with Crippen LogP contribution >= 0.6 is 0 Å². The van der Waals surface area contributed by atoms with Gasteiger partial charge in [-0.3, -0.25) is 5.84 Å². The summed E-state index contributed by atoms with van der Waals surface area (Å²) in [6.45, 7) is 7.58. The molecular formula is C12H20N2O3S. The van der Waals surface area contributed by atoms with Crippen molar-refractivity contribution in [1.29, 1.82) is 0 Å². The number of aromatic hydroxyl groups is 1. The molecule has 0 atom stereocenters. The summed E-state index contributed by atoms with van der Waals surface area (Å²) in [7, 11) is -3.71. The van der Waals surface area contributed by atoms with Crippen molar-refractivity contribution in [3.05, 3.63) is 23.3 Å². The minimum absolute atomic E-state index is 0.0235. The third-order valence-electron chi connectivity index (χ3n) is 2.85. The molecular weight excluding hydrogens is 252 g/mol. The van der Waals surface area contributed by atoms with Crippen molar-refractivity contribution in [3.63, 3.8) is 0 Å². The average molecular weight is 272 g/mol. The van der Waals surface area contributed by atoms with Crippen LogP contribution in [-0.2, 0) is 10.0 Å². The summed E-state index contributed by atoms with van der Waals surface area (Å²) in [4.78, 5) is 1.88. The van der Waals surface area contributed by atoms with Crippen LogP contribution in [0.5, 0.6) is 5.75 Å². The molecule has 0 spiro atoms. The summed E-state index contributed by atoms with van der Waals surface area (Å²) in [6, 6.07) is 2.92. The maximum absolute atomic E-state index is 11.7. The zero-order valence-electron chi connectivity index (χ0n) is 11.1. The smallest absolute Gasteiger partial charge is 0.253 e. The van der Waals surface area contributed by atoms with E-state index in [9.17, 15) is 13.5 Å². The van der Waals surface area contributed by atoms with Crippen LogP contribution in [0.15, 0.2) is 17.0 Å². The molecule has 0 fully saturated rings. The van der Waals surface area contributed by atoms with Gasteiger partial charge in [-0.2, -0.15) is 4.83 Å². The third kappa shape index (κ3) is 2.82. The Hall–Kier alpha value is -1.11. The second-order valence-electron chi connectivity index (χ2n) is 4.88. The molecule has 0 aliphatic heterocycles. The van der Waals surface area contributed by atoms with E-state index in [1.54, 1.807) is 4.83 Å². The zero-order valence-corrected chi connectivity index (χ0v) is 11.9. The van der Waals surface area contributed by atoms with E-state index in [4.69, 9.17) is 5.84 Å². The molecule has 0 heterocycles. The molecule has 0 amide bonds. The number of benzene rings is 1. The molecule has 0 aliphatic carbocycles. The van der Waals surface area contributed by atoms with E-state index in [1.807, 2.05) is 27.7 Å². The number of hydrogen-bond acceptors (Lipinski definition) is 4. The lowest BCUT2D eigenvalue weighted by Gasteiger charge is -2.17. The molecule has 0 saturated carbocycles. The predicted octanol–water partition coefficient (Wildman–Crippen LogP) is 1.79. The fourth-order valence-corrected chi connectivity index (χ4v) is 2.46. The van der Waals surface area contributed by atoms with Gasteiger partial charge in [0.1, 0.15) is 5.75 Å². The Bertz CT molecular complexity index is 507. The lowest BCUT2D eigenvalue weighted by Crippen LogP contribution is -2.30. The van der Waals surface area contributed by atoms with Crippen LogP contribution in [0.1, 0.15) is 50.7 Å². The van der Waals surface area contributed by atoms with E-state index >= 15 is 0 Å². The highest BCUT2D eigenvalue weighted by molar-refractivity contribution is 7.89. The Morgan fingerprint density at radius 1 is 1.11 bits per heavy atom. The first-order valence-electron chi connectivity index (χ1n) is 5.80. The topological polar surface area (TPSA) is 92.4 Å². The molecule has 1 rings (SSSR count). The van der Waals surface area contributed by atoms with Gasteiger partial charge < -0.3 is 5.11 Å². The van der Waals surface area contributed by atoms with Gasteiger partial charge in [0.2, 0.25) is 0 Å². The van der Waals surface area contributed by atoms with Crippen molar-refractivity contribution in [2.24, 2.45) is 5.84 Å². The Kier molecular flexibility index (Phi) is 4.37. The van der Waals surface area contributed by atoms with Gasteiger partial charge in [-0.25, -0.2) is 8.42 Å². The van der Waals surface area contributed by atoms with Crippen LogP contribution < -0.4 is 10.7 Å². The monoisotopic (exact) mass is 272 g/mol. The van der Waals surface area contributed by atoms with Crippen molar-refractivity contribution in [1.82, 2.24) is 4.83 Å². The van der Waals surface area contributed by atoms with Crippen molar-refractivity contribution in [3.8, 4) is 5.75 Å². The lowest BCUT2D eigenvalue weighted by atomic mass is 9.94. The molecule has 5 nitrogen and oxygen atoms in total. The molecule has 6 heteroatoms. The molecule has 1 aromatic rings. The number of phenolic OH excluding ortho intramolecular Hbond substituents is 1. The van der Waals surface area contributed by atoms with Gasteiger partial charge in [0.15, 0.2) is 0 Å². The van der Waals surface area contributed by atoms with E-state index < -0.39 is 10.0 Å². The van der Waals surface area contributed by atoms with Gasteiger partial charge in [-0.05, 0) is 35.1 Å². The second-order valence-corrected chi connectivity index (χ2v) is 6.60. The average Bonchev–Trinajstić information content (AvgIpc) is 2.28. The molecule has 0 saturated heterocycles. The second kappa shape index (κ2) is 5.26. The summed E-state index contributed by atoms with van der Waals surface area (Å²) >= 11 is 0. The summed E-state index contributed by atoms with van der Waals surface area (Å²) in [5.74, 6) is 5.24. The van der Waals surface area contributed by atoms with Crippen molar-refractivity contribution in [2.45, 2.75) is 44.4 Å². The van der Waals surface area contributed by atoms with Crippen LogP contribution in [0.25, 0.3) is 0 Å². The summed E-state index contributed by atoms with van der Waals surface area (Å²) in [5, 5.41) is 10.1. The Labute approximate surface area is 108 Å². The highest BCUT2D eigenvalue weighted by atomic mass is 32.2. The largest absolute Gasteiger partial charge is 0.507 e. The van der Waals surface area contributed by atoms with E-state index in [2.05, 4.69) is 0 Å². The highest BCUT2D eigenvalue weighted by Crippen LogP contribution is 2.35. The van der Waals surface area contributed by atoms with Crippen LogP contribution in [-0.4, -0.2) is 13.5 Å². The molecule has 4 N–H and O–H groups in total. The summed E-state index contributed by atoms with van der Waals surface area (Å²) in [5.41, 5.74) is 1.21. The molecule has 0 unspecified atom stereocenters. The number of nitrogens with two attached hydrogens (primary N) is 1. The Morgan fingerprint density at radius 2 is 1.50 bits per heavy atom. The van der Waals surface area contributed by atoms with Crippen LogP contribution in [0, 0.1) is 0 Å². The van der Waals surface area contributed by atoms with Crippen molar-refractivity contribution in [2.75, 3.05) is 0 Å². The number of rotatable bonds is 4. The minimum Gasteiger partial charge on any atom is -0.507 e. The predicted molar refractivity (Wildman–Crippen MR) is 70.8 cm³/mol. The summed E-state index contributed by atoms with van der Waals surface area (Å²) in [6.07, 6.45) is 0. The Balaban J connectivity index is 3.58. The van der Waals surface area contributed by atoms with E-state index in [1.165, 1.54) is 12.1 Å². The maximum atomic E-state index is 11.7. The van der Waals surface area contributed by atoms with E-state index in [0.29, 0.717) is 11.1 Å². The van der Waals surface area contributed by atoms with Crippen LogP contribution in [0.4, 0.5) is 0 Å². The molecule has 1 aromatic carbocycles. The highest BCUT2D eigenvalue weighted by Gasteiger charge is 2.20. The number of hydrazine groups is 1. The lowest BCUT2D eigenvalue weighted by molar-refractivity contribution is 0.453. The normalized spacial score (nSPS) is 12.4. The number of nitrogens with one attached hydrogen (secondary N) is 1. The van der Waals surface area contributed by atoms with E-state index in [0.717, 1.165) is 0 Å². The van der Waals surface area contributed by atoms with Gasteiger partial charge >= 0.3 is 0 Å². The van der Waals surface area contributed by atoms with Gasteiger partial charge in [0.05, 0.1) is 4.90 Å². The van der Waals surface area contributed by atoms with Gasteiger partial charge in [0.25, 0.3) is 10.0 Å². The number of sulfonamides is 1. The fourth-order valence-electron chi connectivity index (χ4n) is 1.75. The van der Waals surface area contributed by atoms with Crippen molar-refractivity contribution < 1.29 is 13.5 Å². The first-order valence-corrected chi connectivity index (χ1v) is 7.28. The molecule has 0 radical (unpaired) electrons. The summed E-state index contributed by atoms with van der Waals surface area (Å²) < 4.78 is 23.5. The van der Waals surface area contributed by atoms with E-state index in [-0.39, 0.29) is 22.5 Å². The number of phenols is 1. The standard InChI is InChI=1S/C12H20N2O3S/c1-7(2)10-5-9(18(16,17)14-13)6-11(8(3)4)12(10)15/h5-8,14-15H,13H2,1-4H3.